The molecule has 7 fully saturated rings. The van der Waals surface area contributed by atoms with Gasteiger partial charge in [0.15, 0.2) is 45.0 Å². The number of imidazole rings is 4. The van der Waals surface area contributed by atoms with Crippen LogP contribution in [0.25, 0.3) is 44.7 Å². The molecule has 28 atom stereocenters. The van der Waals surface area contributed by atoms with Gasteiger partial charge in [-0.3, -0.25) is 125 Å². The van der Waals surface area contributed by atoms with Gasteiger partial charge in [0.05, 0.1) is 71.1 Å². The number of nitrogens with one attached hydrogen (secondary N) is 4. The van der Waals surface area contributed by atoms with Gasteiger partial charge in [-0.1, -0.05) is 0 Å². The van der Waals surface area contributed by atoms with Crippen molar-refractivity contribution in [2.45, 2.75) is 181 Å². The van der Waals surface area contributed by atoms with Crippen molar-refractivity contribution in [1.82, 2.24) is 107 Å². The van der Waals surface area contributed by atoms with Crippen LogP contribution < -0.4 is 73.7 Å². The number of rotatable bonds is 40. The lowest BCUT2D eigenvalue weighted by molar-refractivity contribution is -0.0653. The number of hydrogen-bond donors (Lipinski definition) is 18. The van der Waals surface area contributed by atoms with E-state index in [0.29, 0.717) is 0 Å². The van der Waals surface area contributed by atoms with E-state index in [1.54, 1.807) is 0 Å². The van der Waals surface area contributed by atoms with E-state index >= 15 is 0 Å². The number of aryl methyl sites for hydroxylation is 1. The Hall–Kier alpha value is -10.8. The largest absolute Gasteiger partial charge is 0.694 e. The molecule has 7 saturated heterocycles. The smallest absolute Gasteiger partial charge is 0.390 e. The van der Waals surface area contributed by atoms with Gasteiger partial charge in [0.1, 0.15) is 153 Å². The highest BCUT2D eigenvalue weighted by molar-refractivity contribution is 7.48. The third-order valence-corrected chi connectivity index (χ3v) is 29.9. The van der Waals surface area contributed by atoms with Gasteiger partial charge in [-0.15, -0.1) is 9.42 Å². The van der Waals surface area contributed by atoms with E-state index in [1.165, 1.54) is 39.3 Å². The molecule has 11 aromatic heterocycles. The molecule has 18 rings (SSSR count). The van der Waals surface area contributed by atoms with Crippen LogP contribution in [0, 0.1) is 6.92 Å². The SMILES string of the molecule is Cc1cn([C@@H]2C[C@@H](OP(=O)(O)OC[C@@H]3O[C@H](n4ccc(N)nc4=O)C[C@H]3OP(=O)(O)OC[C@@H]3O[C@H](n4cnc5c(=O)[nH]c(N)nc54)C[C@H]3O)[C@H](COP(=O)(O)O[C@@H]3C[C@@H](n4cnc5c(N)ncnc54)O[C@H]3COP(=O)(O)O[C@@H]3C[C@@H](n4ccc(N)nc4=O)O[C@H]3COP(=O)(O)O[C@@H]3C[C@@H](n4cnc5c(=O)[nH]c(N)nc54)O[C@H]3COP(=O)(O)O[C@@H]3C[C@@H](n4cnc5c(=O)[nH]c(N)nc54)O[C@H]3CO[P+](=O)O)O2)c(=O)[nH]c1=O. The van der Waals surface area contributed by atoms with Crippen LogP contribution in [-0.4, -0.2) is 278 Å². The summed E-state index contributed by atoms with van der Waals surface area (Å²) < 4.78 is 219. The second kappa shape index (κ2) is 41.4. The zero-order valence-electron chi connectivity index (χ0n) is 73.9. The van der Waals surface area contributed by atoms with E-state index in [-0.39, 0.29) is 92.4 Å². The number of hydrogen-bond acceptors (Lipinski definition) is 52. The molecule has 18 heterocycles. The number of nitrogen functional groups attached to an aromatic ring is 6. The Morgan fingerprint density at radius 3 is 0.993 bits per heavy atom. The highest BCUT2D eigenvalue weighted by Crippen LogP contribution is 2.58. The predicted octanol–water partition coefficient (Wildman–Crippen LogP) is -2.86. The Balaban J connectivity index is 0.551. The molecule has 0 radical (unpaired) electrons. The van der Waals surface area contributed by atoms with E-state index < -0.39 is 308 Å². The predicted molar refractivity (Wildman–Crippen MR) is 475 cm³/mol. The number of nitrogens with zero attached hydrogens (tertiary/aromatic N) is 18. The van der Waals surface area contributed by atoms with Crippen LogP contribution in [0.2, 0.25) is 0 Å². The number of anilines is 6. The third kappa shape index (κ3) is 23.5. The maximum absolute atomic E-state index is 14.6. The average molecular weight is 2180 g/mol. The van der Waals surface area contributed by atoms with Gasteiger partial charge in [-0.2, -0.15) is 24.9 Å². The Kier molecular flexibility index (Phi) is 29.7. The fraction of sp³-hybridized carbons (Fsp3) is 0.529. The minimum Gasteiger partial charge on any atom is -0.390 e. The van der Waals surface area contributed by atoms with E-state index in [2.05, 4.69) is 74.8 Å². The molecular weight excluding hydrogens is 2100 g/mol. The highest BCUT2D eigenvalue weighted by Gasteiger charge is 2.54. The lowest BCUT2D eigenvalue weighted by Gasteiger charge is -2.26. The normalized spacial score (nSPS) is 29.3. The standard InChI is InChI=1S/C68H85N28O42P7/c1-26-13-92(68(104)89-59(26)98)46-9-31(136-143(113,114)121-16-36-29(7-44(128-36)90-4-2-41(69)81-66(90)102)134-140(107,108)120-15-34-27(97)6-43(126-34)94-23-78-51-56(94)83-63(72)86-60(51)99)38(130-46)18-123-145(117,118)137-32-11-47(93-22-77-50-54(71)75-21-76-55(50)93)131-39(32)19-125-142(111,112)135-30-8-45(91-5-3-42(70)82-67(91)103)129-37(30)17-122-144(115,116)138-33-12-49(96-25-80-53-58(96)85-65(74)88-62(53)101)132-40(33)20-124-141(109,110)133-28-10-48(127-35(28)14-119-139(105)106)95-24-79-52-57(95)84-64(73)87-61(52)100/h2-5,13,21-25,27-40,43-49,97H,6-12,14-20H2,1H3,(H22-,69,70,71,72,73,74,75,76,81,82,83,84,85,86,87,88,89,98,99,100,101,102,103,104,105,106,107,108,109,110,111,112,113,114,115,116,117,118)/p+1/t27-,28-,29-,30-,31-,32-,33-,34+,35+,36+,37+,38+,39+,40+,43+,44+,45+,46+,47+,48+,49+/m1/s1. The topological polar surface area (TPSA) is 981 Å². The highest BCUT2D eigenvalue weighted by atomic mass is 31.2. The number of aliphatic hydroxyl groups excluding tert-OH is 1. The Morgan fingerprint density at radius 2 is 0.662 bits per heavy atom. The summed E-state index contributed by atoms with van der Waals surface area (Å²) in [6, 6.07) is 2.35. The summed E-state index contributed by atoms with van der Waals surface area (Å²) in [5.74, 6) is -1.63. The van der Waals surface area contributed by atoms with E-state index in [0.717, 1.165) is 61.9 Å². The second-order valence-electron chi connectivity index (χ2n) is 33.1. The maximum atomic E-state index is 14.6. The number of phosphoric ester groups is 6. The number of H-pyrrole nitrogens is 4. The summed E-state index contributed by atoms with van der Waals surface area (Å²) >= 11 is 0. The molecule has 70 nitrogen and oxygen atoms in total. The van der Waals surface area contributed by atoms with Gasteiger partial charge >= 0.3 is 72.3 Å². The summed E-state index contributed by atoms with van der Waals surface area (Å²) in [5, 5.41) is 11.0. The molecule has 784 valence electrons. The molecular formula is C68H86N28O42P7+. The van der Waals surface area contributed by atoms with Crippen LogP contribution in [0.3, 0.4) is 0 Å². The number of nitrogens with two attached hydrogens (primary N) is 6. The van der Waals surface area contributed by atoms with Crippen molar-refractivity contribution in [3.63, 3.8) is 0 Å². The van der Waals surface area contributed by atoms with Gasteiger partial charge in [0.25, 0.3) is 22.2 Å². The third-order valence-electron chi connectivity index (χ3n) is 23.4. The van der Waals surface area contributed by atoms with Crippen molar-refractivity contribution in [3.8, 4) is 0 Å². The summed E-state index contributed by atoms with van der Waals surface area (Å²) in [6.45, 7) is -6.03. The first-order valence-electron chi connectivity index (χ1n) is 42.7. The number of ether oxygens (including phenoxy) is 7. The average Bonchev–Trinajstić information content (AvgIpc) is 1.63. The van der Waals surface area contributed by atoms with E-state index in [4.69, 9.17) is 126 Å². The van der Waals surface area contributed by atoms with Crippen molar-refractivity contribution in [2.24, 2.45) is 0 Å². The molecule has 0 saturated carbocycles. The molecule has 0 amide bonds. The van der Waals surface area contributed by atoms with Crippen LogP contribution in [0.1, 0.15) is 94.1 Å². The first-order valence-corrected chi connectivity index (χ1v) is 52.8. The Bertz CT molecular complexity index is 7550. The molecule has 0 bridgehead atoms. The Morgan fingerprint density at radius 1 is 0.372 bits per heavy atom. The van der Waals surface area contributed by atoms with Crippen molar-refractivity contribution in [1.29, 1.82) is 0 Å². The lowest BCUT2D eigenvalue weighted by Crippen LogP contribution is -2.33. The summed E-state index contributed by atoms with van der Waals surface area (Å²) in [4.78, 5) is 223. The number of fused-ring (bicyclic) bond motifs is 4. The molecule has 145 heavy (non-hydrogen) atoms. The fourth-order valence-electron chi connectivity index (χ4n) is 16.8. The minimum absolute atomic E-state index is 0.00273. The van der Waals surface area contributed by atoms with Crippen LogP contribution in [0.5, 0.6) is 0 Å². The molecule has 7 aliphatic heterocycles. The zero-order chi connectivity index (χ0) is 103. The molecule has 77 heteroatoms. The molecule has 11 aromatic rings. The van der Waals surface area contributed by atoms with E-state index in [1.807, 2.05) is 0 Å². The summed E-state index contributed by atoms with van der Waals surface area (Å²) in [5.41, 5.74) is 27.8. The quantitative estimate of drug-likeness (QED) is 0.0172. The van der Waals surface area contributed by atoms with Crippen LogP contribution >= 0.6 is 55.2 Å². The summed E-state index contributed by atoms with van der Waals surface area (Å²) in [7, 11) is -36.9. The number of phosphoric acid groups is 6. The van der Waals surface area contributed by atoms with Gasteiger partial charge in [0, 0.05) is 73.7 Å². The van der Waals surface area contributed by atoms with Gasteiger partial charge in [0.2, 0.25) is 17.8 Å². The second-order valence-corrected chi connectivity index (χ2v) is 42.2. The first kappa shape index (κ1) is 104. The molecule has 0 aliphatic carbocycles. The van der Waals surface area contributed by atoms with Gasteiger partial charge in [-0.25, -0.2) is 71.7 Å². The van der Waals surface area contributed by atoms with Crippen LogP contribution in [-0.2, 0) is 124 Å². The van der Waals surface area contributed by atoms with Crippen molar-refractivity contribution >= 4 is 135 Å². The molecule has 24 N–H and O–H groups in total. The monoisotopic (exact) mass is 2180 g/mol. The number of aromatic amines is 4. The molecule has 7 unspecified atom stereocenters. The number of aromatic nitrogens is 22. The fourth-order valence-corrected chi connectivity index (χ4v) is 22.8. The van der Waals surface area contributed by atoms with Crippen LogP contribution in [0.15, 0.2) is 95.9 Å². The molecule has 0 spiro atoms. The van der Waals surface area contributed by atoms with Gasteiger partial charge in [-0.05, 0) is 19.1 Å². The van der Waals surface area contributed by atoms with Gasteiger partial charge < -0.3 is 102 Å². The van der Waals surface area contributed by atoms with E-state index in [9.17, 15) is 105 Å². The maximum Gasteiger partial charge on any atom is 0.694 e. The van der Waals surface area contributed by atoms with Crippen LogP contribution in [0.4, 0.5) is 35.3 Å². The number of aliphatic hydroxyl groups is 1. The zero-order valence-corrected chi connectivity index (χ0v) is 80.2. The summed E-state index contributed by atoms with van der Waals surface area (Å²) in [6.07, 6.45) is -28.1. The van der Waals surface area contributed by atoms with Crippen molar-refractivity contribution in [2.75, 3.05) is 80.7 Å². The first-order chi connectivity index (χ1) is 68.6. The van der Waals surface area contributed by atoms with Crippen molar-refractivity contribution in [3.05, 3.63) is 141 Å². The Labute approximate surface area is 804 Å². The van der Waals surface area contributed by atoms with Crippen molar-refractivity contribution < 1.29 is 163 Å². The minimum atomic E-state index is -5.72. The molecule has 0 aromatic carbocycles. The molecule has 7 aliphatic rings. The lowest BCUT2D eigenvalue weighted by atomic mass is 10.2.